The molecule has 0 unspecified atom stereocenters. The van der Waals surface area contributed by atoms with E-state index in [9.17, 15) is 9.59 Å². The van der Waals surface area contributed by atoms with Crippen molar-refractivity contribution in [2.45, 2.75) is 6.54 Å². The van der Waals surface area contributed by atoms with E-state index in [2.05, 4.69) is 30.9 Å². The maximum atomic E-state index is 13.1. The molecule has 0 aliphatic carbocycles. The van der Waals surface area contributed by atoms with E-state index in [-0.39, 0.29) is 12.1 Å². The number of hydrogen-bond donors (Lipinski definition) is 3. The minimum atomic E-state index is -0.371. The SMILES string of the molecule is O=C(NCc1ccccn1)Nc1ccc(NC(=O)N(c2ccccc2)c2cncnc2)cc1. The van der Waals surface area contributed by atoms with Crippen LogP contribution in [0.25, 0.3) is 0 Å². The Balaban J connectivity index is 1.39. The molecule has 9 heteroatoms. The third-order valence-electron chi connectivity index (χ3n) is 4.57. The van der Waals surface area contributed by atoms with E-state index >= 15 is 0 Å². The predicted octanol–water partition coefficient (Wildman–Crippen LogP) is 4.56. The number of carbonyl (C=O) groups excluding carboxylic acids is 2. The van der Waals surface area contributed by atoms with Gasteiger partial charge in [-0.25, -0.2) is 19.6 Å². The largest absolute Gasteiger partial charge is 0.332 e. The number of anilines is 4. The fourth-order valence-corrected chi connectivity index (χ4v) is 3.03. The molecule has 2 aromatic carbocycles. The molecule has 164 valence electrons. The molecule has 0 radical (unpaired) electrons. The van der Waals surface area contributed by atoms with Gasteiger partial charge in [0.2, 0.25) is 0 Å². The van der Waals surface area contributed by atoms with Crippen LogP contribution in [0.1, 0.15) is 5.69 Å². The molecule has 4 amide bonds. The van der Waals surface area contributed by atoms with Crippen LogP contribution in [0.5, 0.6) is 0 Å². The molecule has 2 aromatic heterocycles. The average molecular weight is 439 g/mol. The monoisotopic (exact) mass is 439 g/mol. The van der Waals surface area contributed by atoms with Crippen LogP contribution < -0.4 is 20.9 Å². The van der Waals surface area contributed by atoms with E-state index in [1.54, 1.807) is 42.9 Å². The van der Waals surface area contributed by atoms with Crippen molar-refractivity contribution < 1.29 is 9.59 Å². The van der Waals surface area contributed by atoms with Gasteiger partial charge in [-0.1, -0.05) is 24.3 Å². The van der Waals surface area contributed by atoms with Crippen LogP contribution in [0, 0.1) is 0 Å². The Morgan fingerprint density at radius 3 is 2.09 bits per heavy atom. The summed E-state index contributed by atoms with van der Waals surface area (Å²) in [6.45, 7) is 0.319. The molecule has 0 atom stereocenters. The van der Waals surface area contributed by atoms with Gasteiger partial charge in [0.15, 0.2) is 0 Å². The highest BCUT2D eigenvalue weighted by Crippen LogP contribution is 2.25. The second kappa shape index (κ2) is 10.5. The number of para-hydroxylation sites is 1. The van der Waals surface area contributed by atoms with Crippen molar-refractivity contribution in [1.82, 2.24) is 20.3 Å². The summed E-state index contributed by atoms with van der Waals surface area (Å²) in [6.07, 6.45) is 6.21. The van der Waals surface area contributed by atoms with Crippen molar-refractivity contribution in [3.05, 3.63) is 103 Å². The van der Waals surface area contributed by atoms with Crippen LogP contribution in [0.2, 0.25) is 0 Å². The van der Waals surface area contributed by atoms with Crippen molar-refractivity contribution in [2.75, 3.05) is 15.5 Å². The van der Waals surface area contributed by atoms with E-state index in [1.165, 1.54) is 11.2 Å². The number of rotatable bonds is 6. The maximum Gasteiger partial charge on any atom is 0.331 e. The van der Waals surface area contributed by atoms with Gasteiger partial charge >= 0.3 is 12.1 Å². The zero-order valence-corrected chi connectivity index (χ0v) is 17.6. The summed E-state index contributed by atoms with van der Waals surface area (Å²) in [5, 5.41) is 8.36. The highest BCUT2D eigenvalue weighted by molar-refractivity contribution is 6.07. The van der Waals surface area contributed by atoms with E-state index in [1.807, 2.05) is 48.5 Å². The summed E-state index contributed by atoms with van der Waals surface area (Å²) >= 11 is 0. The second-order valence-electron chi connectivity index (χ2n) is 6.90. The van der Waals surface area contributed by atoms with Gasteiger partial charge < -0.3 is 16.0 Å². The predicted molar refractivity (Wildman–Crippen MR) is 126 cm³/mol. The Bertz CT molecular complexity index is 1150. The third kappa shape index (κ3) is 5.88. The zero-order valence-electron chi connectivity index (χ0n) is 17.6. The van der Waals surface area contributed by atoms with Crippen LogP contribution in [0.15, 0.2) is 97.7 Å². The first-order valence-corrected chi connectivity index (χ1v) is 10.1. The first kappa shape index (κ1) is 21.4. The molecule has 33 heavy (non-hydrogen) atoms. The number of pyridine rings is 1. The first-order chi connectivity index (χ1) is 16.2. The molecule has 0 saturated carbocycles. The van der Waals surface area contributed by atoms with Crippen molar-refractivity contribution in [3.63, 3.8) is 0 Å². The molecule has 4 rings (SSSR count). The van der Waals surface area contributed by atoms with Crippen LogP contribution in [0.3, 0.4) is 0 Å². The first-order valence-electron chi connectivity index (χ1n) is 10.1. The van der Waals surface area contributed by atoms with E-state index in [0.717, 1.165) is 5.69 Å². The summed E-state index contributed by atoms with van der Waals surface area (Å²) in [5.41, 5.74) is 3.12. The summed E-state index contributed by atoms with van der Waals surface area (Å²) in [7, 11) is 0. The number of aromatic nitrogens is 3. The number of nitrogens with one attached hydrogen (secondary N) is 3. The number of amides is 4. The molecular weight excluding hydrogens is 418 g/mol. The number of benzene rings is 2. The van der Waals surface area contributed by atoms with Gasteiger partial charge in [-0.15, -0.1) is 0 Å². The van der Waals surface area contributed by atoms with Gasteiger partial charge in [-0.05, 0) is 48.5 Å². The van der Waals surface area contributed by atoms with Crippen molar-refractivity contribution in [3.8, 4) is 0 Å². The number of urea groups is 2. The third-order valence-corrected chi connectivity index (χ3v) is 4.57. The Morgan fingerprint density at radius 1 is 0.758 bits per heavy atom. The van der Waals surface area contributed by atoms with Crippen molar-refractivity contribution in [1.29, 1.82) is 0 Å². The summed E-state index contributed by atoms with van der Waals surface area (Å²) in [4.78, 5) is 38.8. The van der Waals surface area contributed by atoms with Crippen LogP contribution >= 0.6 is 0 Å². The van der Waals surface area contributed by atoms with Crippen molar-refractivity contribution in [2.24, 2.45) is 0 Å². The lowest BCUT2D eigenvalue weighted by atomic mass is 10.2. The minimum absolute atomic E-state index is 0.319. The molecule has 2 heterocycles. The summed E-state index contributed by atoms with van der Waals surface area (Å²) < 4.78 is 0. The van der Waals surface area contributed by atoms with Gasteiger partial charge in [0.1, 0.15) is 6.33 Å². The highest BCUT2D eigenvalue weighted by atomic mass is 16.2. The summed E-state index contributed by atoms with van der Waals surface area (Å²) in [5.74, 6) is 0. The van der Waals surface area contributed by atoms with Crippen LogP contribution in [-0.4, -0.2) is 27.0 Å². The number of hydrogen-bond acceptors (Lipinski definition) is 5. The number of nitrogens with zero attached hydrogens (tertiary/aromatic N) is 4. The van der Waals surface area contributed by atoms with Crippen LogP contribution in [-0.2, 0) is 6.54 Å². The van der Waals surface area contributed by atoms with Gasteiger partial charge in [0, 0.05) is 17.6 Å². The molecule has 4 aromatic rings. The lowest BCUT2D eigenvalue weighted by Gasteiger charge is -2.22. The Hall–Kier alpha value is -4.79. The maximum absolute atomic E-state index is 13.1. The van der Waals surface area contributed by atoms with E-state index < -0.39 is 0 Å². The number of carbonyl (C=O) groups is 2. The Morgan fingerprint density at radius 2 is 1.42 bits per heavy atom. The summed E-state index contributed by atoms with van der Waals surface area (Å²) in [6, 6.07) is 20.8. The Kier molecular flexibility index (Phi) is 6.82. The highest BCUT2D eigenvalue weighted by Gasteiger charge is 2.18. The molecule has 0 aliphatic rings. The molecule has 0 bridgehead atoms. The molecule has 9 nitrogen and oxygen atoms in total. The molecule has 0 saturated heterocycles. The lowest BCUT2D eigenvalue weighted by Crippen LogP contribution is -2.31. The smallest absolute Gasteiger partial charge is 0.331 e. The van der Waals surface area contributed by atoms with Crippen molar-refractivity contribution >= 4 is 34.8 Å². The van der Waals surface area contributed by atoms with Gasteiger partial charge in [-0.2, -0.15) is 0 Å². The van der Waals surface area contributed by atoms with Crippen LogP contribution in [0.4, 0.5) is 32.3 Å². The fourth-order valence-electron chi connectivity index (χ4n) is 3.03. The fraction of sp³-hybridized carbons (Fsp3) is 0.0417. The lowest BCUT2D eigenvalue weighted by molar-refractivity contribution is 0.251. The molecular formula is C24H21N7O2. The topological polar surface area (TPSA) is 112 Å². The van der Waals surface area contributed by atoms with E-state index in [4.69, 9.17) is 0 Å². The Labute approximate surface area is 190 Å². The van der Waals surface area contributed by atoms with Gasteiger partial charge in [0.25, 0.3) is 0 Å². The molecule has 0 aliphatic heterocycles. The molecule has 0 spiro atoms. The zero-order chi connectivity index (χ0) is 22.9. The average Bonchev–Trinajstić information content (AvgIpc) is 2.86. The second-order valence-corrected chi connectivity index (χ2v) is 6.90. The van der Waals surface area contributed by atoms with E-state index in [0.29, 0.717) is 29.3 Å². The minimum Gasteiger partial charge on any atom is -0.332 e. The van der Waals surface area contributed by atoms with Gasteiger partial charge in [0.05, 0.1) is 36.0 Å². The quantitative estimate of drug-likeness (QED) is 0.408. The molecule has 3 N–H and O–H groups in total. The molecule has 0 fully saturated rings. The van der Waals surface area contributed by atoms with Gasteiger partial charge in [-0.3, -0.25) is 9.88 Å². The standard InChI is InChI=1S/C24H21N7O2/c32-23(28-14-20-6-4-5-13-27-20)29-18-9-11-19(12-10-18)30-24(33)31(21-7-2-1-3-8-21)22-15-25-17-26-16-22/h1-13,15-17H,14H2,(H,30,33)(H2,28,29,32). The normalized spacial score (nSPS) is 10.2.